The van der Waals surface area contributed by atoms with Crippen LogP contribution in [0.15, 0.2) is 42.6 Å². The molecule has 6 rings (SSSR count). The number of nitrogens with one attached hydrogen (secondary N) is 1. The third kappa shape index (κ3) is 6.29. The molecule has 3 heterocycles. The van der Waals surface area contributed by atoms with Crippen LogP contribution in [-0.4, -0.2) is 46.2 Å². The van der Waals surface area contributed by atoms with Crippen molar-refractivity contribution in [2.75, 3.05) is 16.4 Å². The highest BCUT2D eigenvalue weighted by molar-refractivity contribution is 7.99. The predicted octanol–water partition coefficient (Wildman–Crippen LogP) is 6.69. The van der Waals surface area contributed by atoms with E-state index in [4.69, 9.17) is 0 Å². The third-order valence-electron chi connectivity index (χ3n) is 10.2. The van der Waals surface area contributed by atoms with Gasteiger partial charge < -0.3 is 5.32 Å². The number of thioether (sulfide) groups is 1. The lowest BCUT2D eigenvalue weighted by molar-refractivity contribution is -0.127. The summed E-state index contributed by atoms with van der Waals surface area (Å²) in [6, 6.07) is 11.5. The Balaban J connectivity index is 1.16. The molecule has 8 heteroatoms. The van der Waals surface area contributed by atoms with Crippen LogP contribution in [0.2, 0.25) is 0 Å². The molecule has 2 saturated carbocycles. The minimum Gasteiger partial charge on any atom is -0.353 e. The molecule has 1 aromatic heterocycles. The Labute approximate surface area is 252 Å². The van der Waals surface area contributed by atoms with Crippen molar-refractivity contribution in [3.63, 3.8) is 0 Å². The van der Waals surface area contributed by atoms with Crippen LogP contribution in [0.5, 0.6) is 0 Å². The van der Waals surface area contributed by atoms with Crippen LogP contribution in [0.4, 0.5) is 10.2 Å². The highest BCUT2D eigenvalue weighted by Crippen LogP contribution is 2.41. The van der Waals surface area contributed by atoms with Crippen molar-refractivity contribution in [1.29, 1.82) is 0 Å². The third-order valence-corrected chi connectivity index (χ3v) is 11.2. The van der Waals surface area contributed by atoms with Gasteiger partial charge in [-0.2, -0.15) is 11.8 Å². The van der Waals surface area contributed by atoms with Crippen molar-refractivity contribution in [2.45, 2.75) is 95.1 Å². The Morgan fingerprint density at radius 1 is 0.952 bits per heavy atom. The van der Waals surface area contributed by atoms with Gasteiger partial charge in [0.25, 0.3) is 0 Å². The molecule has 0 radical (unpaired) electrons. The molecule has 2 aliphatic carbocycles. The summed E-state index contributed by atoms with van der Waals surface area (Å²) < 4.78 is 14.1. The number of pyridine rings is 1. The Morgan fingerprint density at radius 3 is 2.38 bits per heavy atom. The van der Waals surface area contributed by atoms with Crippen molar-refractivity contribution in [1.82, 2.24) is 10.3 Å². The molecule has 42 heavy (non-hydrogen) atoms. The maximum Gasteiger partial charge on any atom is 0.231 e. The minimum atomic E-state index is -0.548. The highest BCUT2D eigenvalue weighted by Gasteiger charge is 2.42. The quantitative estimate of drug-likeness (QED) is 0.405. The molecule has 6 nitrogen and oxygen atoms in total. The fraction of sp³-hybridized carbons (Fsp3) is 0.588. The standard InChI is InChI=1S/C34H42FN3O3S/c35-25-20-29-30(39)15-14-28(34(41)38(32(29)36-21-25)27-16-18-42-19-17-27)22-10-12-26(13-11-22)37-33(40)31(24-8-4-5-9-24)23-6-2-1-3-7-23/h1-3,6-7,20-22,24,26-28,31H,4-5,8-19H2,(H,37,40). The van der Waals surface area contributed by atoms with Gasteiger partial charge in [0.1, 0.15) is 11.6 Å². The number of benzene rings is 1. The van der Waals surface area contributed by atoms with Gasteiger partial charge in [-0.05, 0) is 92.8 Å². The van der Waals surface area contributed by atoms with E-state index in [9.17, 15) is 18.8 Å². The second-order valence-corrected chi connectivity index (χ2v) is 13.9. The second-order valence-electron chi connectivity index (χ2n) is 12.7. The van der Waals surface area contributed by atoms with Gasteiger partial charge in [0, 0.05) is 24.4 Å². The molecule has 1 saturated heterocycles. The van der Waals surface area contributed by atoms with E-state index >= 15 is 0 Å². The molecule has 2 atom stereocenters. The number of halogens is 1. The zero-order valence-corrected chi connectivity index (χ0v) is 25.1. The lowest BCUT2D eigenvalue weighted by Gasteiger charge is -2.41. The highest BCUT2D eigenvalue weighted by atomic mass is 32.2. The van der Waals surface area contributed by atoms with E-state index in [1.54, 1.807) is 4.90 Å². The van der Waals surface area contributed by atoms with Gasteiger partial charge in [0.15, 0.2) is 5.78 Å². The summed E-state index contributed by atoms with van der Waals surface area (Å²) in [6.45, 7) is 0. The van der Waals surface area contributed by atoms with Gasteiger partial charge in [-0.15, -0.1) is 0 Å². The van der Waals surface area contributed by atoms with Crippen LogP contribution >= 0.6 is 11.8 Å². The second kappa shape index (κ2) is 13.3. The van der Waals surface area contributed by atoms with Crippen LogP contribution < -0.4 is 10.2 Å². The van der Waals surface area contributed by atoms with Crippen molar-refractivity contribution in [3.8, 4) is 0 Å². The van der Waals surface area contributed by atoms with Gasteiger partial charge in [-0.1, -0.05) is 43.2 Å². The number of aromatic nitrogens is 1. The number of anilines is 1. The first-order chi connectivity index (χ1) is 20.5. The molecule has 0 bridgehead atoms. The number of rotatable bonds is 6. The smallest absolute Gasteiger partial charge is 0.231 e. The maximum absolute atomic E-state index is 14.3. The molecule has 2 aliphatic heterocycles. The van der Waals surface area contributed by atoms with Crippen molar-refractivity contribution < 1.29 is 18.8 Å². The number of amides is 2. The fourth-order valence-electron chi connectivity index (χ4n) is 7.94. The van der Waals surface area contributed by atoms with E-state index in [1.165, 1.54) is 18.9 Å². The summed E-state index contributed by atoms with van der Waals surface area (Å²) in [5.41, 5.74) is 1.34. The van der Waals surface area contributed by atoms with Gasteiger partial charge in [0.2, 0.25) is 11.8 Å². The number of fused-ring (bicyclic) bond motifs is 1. The SMILES string of the molecule is O=C1CCC(C2CCC(NC(=O)C(c3ccccc3)C3CCCC3)CC2)C(=O)N(C2CCSCC2)c2ncc(F)cc21. The molecule has 2 unspecified atom stereocenters. The van der Waals surface area contributed by atoms with Crippen LogP contribution in [0.3, 0.4) is 0 Å². The summed E-state index contributed by atoms with van der Waals surface area (Å²) in [7, 11) is 0. The number of hydrogen-bond donors (Lipinski definition) is 1. The predicted molar refractivity (Wildman–Crippen MR) is 164 cm³/mol. The summed E-state index contributed by atoms with van der Waals surface area (Å²) in [6.07, 6.45) is 11.4. The first kappa shape index (κ1) is 29.3. The number of Topliss-reactive ketones (excluding diaryl/α,β-unsaturated/α-hetero) is 1. The Hall–Kier alpha value is -2.74. The van der Waals surface area contributed by atoms with E-state index in [0.717, 1.165) is 74.6 Å². The number of nitrogens with zero attached hydrogens (tertiary/aromatic N) is 2. The molecule has 2 amide bonds. The summed E-state index contributed by atoms with van der Waals surface area (Å²) in [4.78, 5) is 47.3. The van der Waals surface area contributed by atoms with Crippen LogP contribution in [0.25, 0.3) is 0 Å². The van der Waals surface area contributed by atoms with Crippen LogP contribution in [0, 0.1) is 23.6 Å². The Morgan fingerprint density at radius 2 is 1.67 bits per heavy atom. The van der Waals surface area contributed by atoms with Crippen LogP contribution in [0.1, 0.15) is 98.9 Å². The van der Waals surface area contributed by atoms with Gasteiger partial charge >= 0.3 is 0 Å². The maximum atomic E-state index is 14.3. The molecular formula is C34H42FN3O3S. The molecule has 2 aromatic rings. The molecule has 3 fully saturated rings. The zero-order chi connectivity index (χ0) is 29.1. The number of hydrogen-bond acceptors (Lipinski definition) is 5. The Bertz CT molecular complexity index is 1270. The van der Waals surface area contributed by atoms with Crippen LogP contribution in [-0.2, 0) is 9.59 Å². The largest absolute Gasteiger partial charge is 0.353 e. The zero-order valence-electron chi connectivity index (χ0n) is 24.3. The average Bonchev–Trinajstić information content (AvgIpc) is 3.54. The minimum absolute atomic E-state index is 0.0232. The summed E-state index contributed by atoms with van der Waals surface area (Å²) >= 11 is 1.88. The van der Waals surface area contributed by atoms with E-state index in [-0.39, 0.29) is 59.4 Å². The number of ketones is 1. The molecule has 4 aliphatic rings. The van der Waals surface area contributed by atoms with Gasteiger partial charge in [0.05, 0.1) is 17.7 Å². The molecule has 0 spiro atoms. The number of carbonyl (C=O) groups excluding carboxylic acids is 3. The molecular weight excluding hydrogens is 549 g/mol. The molecule has 224 valence electrons. The van der Waals surface area contributed by atoms with E-state index in [1.807, 2.05) is 30.0 Å². The fourth-order valence-corrected chi connectivity index (χ4v) is 9.02. The van der Waals surface area contributed by atoms with E-state index in [0.29, 0.717) is 18.2 Å². The molecule has 1 N–H and O–H groups in total. The Kier molecular flexibility index (Phi) is 9.27. The van der Waals surface area contributed by atoms with E-state index in [2.05, 4.69) is 22.4 Å². The normalized spacial score (nSPS) is 26.8. The van der Waals surface area contributed by atoms with Crippen molar-refractivity contribution in [3.05, 3.63) is 59.5 Å². The lowest BCUT2D eigenvalue weighted by atomic mass is 9.74. The summed E-state index contributed by atoms with van der Waals surface area (Å²) in [5.74, 6) is 1.92. The topological polar surface area (TPSA) is 79.4 Å². The number of carbonyl (C=O) groups is 3. The first-order valence-electron chi connectivity index (χ1n) is 15.9. The first-order valence-corrected chi connectivity index (χ1v) is 17.1. The average molecular weight is 592 g/mol. The van der Waals surface area contributed by atoms with Crippen molar-refractivity contribution >= 4 is 35.2 Å². The summed E-state index contributed by atoms with van der Waals surface area (Å²) in [5, 5.41) is 3.40. The van der Waals surface area contributed by atoms with Gasteiger partial charge in [-0.3, -0.25) is 19.3 Å². The molecule has 1 aromatic carbocycles. The van der Waals surface area contributed by atoms with E-state index < -0.39 is 5.82 Å². The lowest BCUT2D eigenvalue weighted by Crippen LogP contribution is -2.50. The monoisotopic (exact) mass is 591 g/mol. The van der Waals surface area contributed by atoms with Crippen molar-refractivity contribution in [2.24, 2.45) is 17.8 Å². The van der Waals surface area contributed by atoms with Gasteiger partial charge in [-0.25, -0.2) is 9.37 Å².